The maximum Gasteiger partial charge on any atom is 0.338 e. The summed E-state index contributed by atoms with van der Waals surface area (Å²) in [4.78, 5) is 24.3. The van der Waals surface area contributed by atoms with Crippen molar-refractivity contribution in [1.82, 2.24) is 14.8 Å². The van der Waals surface area contributed by atoms with Gasteiger partial charge in [0.25, 0.3) is 0 Å². The minimum absolute atomic E-state index is 0.156. The van der Waals surface area contributed by atoms with E-state index in [1.54, 1.807) is 37.3 Å². The molecule has 9 heteroatoms. The fourth-order valence-corrected chi connectivity index (χ4v) is 4.76. The Morgan fingerprint density at radius 2 is 1.83 bits per heavy atom. The van der Waals surface area contributed by atoms with E-state index in [0.29, 0.717) is 41.5 Å². The van der Waals surface area contributed by atoms with Crippen molar-refractivity contribution in [3.63, 3.8) is 0 Å². The normalized spacial score (nSPS) is 13.4. The number of thioether (sulfide) groups is 1. The average Bonchev–Trinajstić information content (AvgIpc) is 3.54. The Hall–Kier alpha value is -3.59. The molecule has 2 aromatic carbocycles. The summed E-state index contributed by atoms with van der Waals surface area (Å²) < 4.78 is 13.0. The average molecular weight is 507 g/mol. The van der Waals surface area contributed by atoms with Gasteiger partial charge in [-0.25, -0.2) is 4.79 Å². The lowest BCUT2D eigenvalue weighted by Crippen LogP contribution is -2.15. The molecule has 0 saturated heterocycles. The van der Waals surface area contributed by atoms with Gasteiger partial charge in [0.15, 0.2) is 11.0 Å². The summed E-state index contributed by atoms with van der Waals surface area (Å²) >= 11 is 1.30. The van der Waals surface area contributed by atoms with Gasteiger partial charge < -0.3 is 14.8 Å². The zero-order chi connectivity index (χ0) is 25.3. The Bertz CT molecular complexity index is 1190. The zero-order valence-electron chi connectivity index (χ0n) is 20.3. The molecular weight excluding hydrogens is 476 g/mol. The van der Waals surface area contributed by atoms with Gasteiger partial charge >= 0.3 is 5.97 Å². The molecule has 0 radical (unpaired) electrons. The van der Waals surface area contributed by atoms with Crippen LogP contribution in [0.3, 0.4) is 0 Å². The molecule has 3 aromatic rings. The lowest BCUT2D eigenvalue weighted by Gasteiger charge is -2.13. The largest absolute Gasteiger partial charge is 0.490 e. The summed E-state index contributed by atoms with van der Waals surface area (Å²) in [5, 5.41) is 12.1. The van der Waals surface area contributed by atoms with Crippen LogP contribution in [0.5, 0.6) is 5.75 Å². The number of aromatic nitrogens is 3. The Morgan fingerprint density at radius 3 is 2.50 bits per heavy atom. The highest BCUT2D eigenvalue weighted by atomic mass is 32.2. The molecule has 0 bridgehead atoms. The van der Waals surface area contributed by atoms with Gasteiger partial charge in [-0.2, -0.15) is 0 Å². The van der Waals surface area contributed by atoms with Crippen molar-refractivity contribution in [3.05, 3.63) is 66.7 Å². The number of hydrogen-bond acceptors (Lipinski definition) is 7. The first-order valence-corrected chi connectivity index (χ1v) is 13.1. The number of rotatable bonds is 11. The molecule has 1 aliphatic rings. The van der Waals surface area contributed by atoms with E-state index in [-0.39, 0.29) is 17.6 Å². The minimum Gasteiger partial charge on any atom is -0.490 e. The van der Waals surface area contributed by atoms with Crippen LogP contribution in [0, 0.1) is 0 Å². The molecule has 1 N–H and O–H groups in total. The number of nitrogens with one attached hydrogen (secondary N) is 1. The summed E-state index contributed by atoms with van der Waals surface area (Å²) in [6.45, 7) is 6.43. The van der Waals surface area contributed by atoms with Crippen molar-refractivity contribution in [1.29, 1.82) is 0 Å². The molecule has 1 fully saturated rings. The van der Waals surface area contributed by atoms with Crippen LogP contribution in [-0.4, -0.2) is 45.1 Å². The van der Waals surface area contributed by atoms with E-state index in [1.807, 2.05) is 28.8 Å². The number of hydrogen-bond donors (Lipinski definition) is 1. The highest BCUT2D eigenvalue weighted by molar-refractivity contribution is 7.99. The number of anilines is 1. The molecule has 36 heavy (non-hydrogen) atoms. The molecule has 1 saturated carbocycles. The van der Waals surface area contributed by atoms with Gasteiger partial charge in [0.1, 0.15) is 5.75 Å². The predicted molar refractivity (Wildman–Crippen MR) is 140 cm³/mol. The molecule has 1 heterocycles. The first kappa shape index (κ1) is 25.5. The number of ether oxygens (including phenoxy) is 2. The Labute approximate surface area is 215 Å². The highest BCUT2D eigenvalue weighted by Gasteiger charge is 2.18. The summed E-state index contributed by atoms with van der Waals surface area (Å²) in [5.74, 6) is 1.15. The monoisotopic (exact) mass is 506 g/mol. The van der Waals surface area contributed by atoms with Gasteiger partial charge in [0.05, 0.1) is 24.0 Å². The van der Waals surface area contributed by atoms with E-state index in [0.717, 1.165) is 24.2 Å². The fraction of sp³-hybridized carbons (Fsp3) is 0.333. The van der Waals surface area contributed by atoms with Crippen LogP contribution in [-0.2, 0) is 16.1 Å². The number of nitrogens with zero attached hydrogens (tertiary/aromatic N) is 3. The molecule has 0 aliphatic heterocycles. The van der Waals surface area contributed by atoms with Crippen molar-refractivity contribution < 1.29 is 19.1 Å². The molecule has 8 nitrogen and oxygen atoms in total. The smallest absolute Gasteiger partial charge is 0.338 e. The zero-order valence-corrected chi connectivity index (χ0v) is 21.1. The summed E-state index contributed by atoms with van der Waals surface area (Å²) in [6, 6.07) is 14.5. The molecule has 0 unspecified atom stereocenters. The molecule has 0 atom stereocenters. The van der Waals surface area contributed by atoms with Crippen molar-refractivity contribution in [2.24, 2.45) is 0 Å². The van der Waals surface area contributed by atoms with Crippen molar-refractivity contribution in [3.8, 4) is 17.1 Å². The lowest BCUT2D eigenvalue weighted by atomic mass is 10.2. The molecule has 0 spiro atoms. The molecule has 1 amide bonds. The molecule has 188 valence electrons. The maximum atomic E-state index is 12.5. The fourth-order valence-electron chi connectivity index (χ4n) is 4.02. The quantitative estimate of drug-likeness (QED) is 0.212. The maximum absolute atomic E-state index is 12.5. The lowest BCUT2D eigenvalue weighted by molar-refractivity contribution is -0.113. The first-order chi connectivity index (χ1) is 17.6. The van der Waals surface area contributed by atoms with Crippen LogP contribution in [0.2, 0.25) is 0 Å². The van der Waals surface area contributed by atoms with Gasteiger partial charge in [-0.05, 0) is 81.1 Å². The first-order valence-electron chi connectivity index (χ1n) is 12.1. The third-order valence-corrected chi connectivity index (χ3v) is 6.72. The minimum atomic E-state index is -0.390. The second kappa shape index (κ2) is 12.4. The Balaban J connectivity index is 1.37. The van der Waals surface area contributed by atoms with E-state index in [1.165, 1.54) is 24.6 Å². The third-order valence-electron chi connectivity index (χ3n) is 5.76. The molecule has 1 aromatic heterocycles. The van der Waals surface area contributed by atoms with Crippen LogP contribution in [0.25, 0.3) is 11.4 Å². The number of benzene rings is 2. The van der Waals surface area contributed by atoms with Gasteiger partial charge in [0.2, 0.25) is 5.91 Å². The molecule has 4 rings (SSSR count). The topological polar surface area (TPSA) is 95.3 Å². The number of esters is 1. The highest BCUT2D eigenvalue weighted by Crippen LogP contribution is 2.28. The van der Waals surface area contributed by atoms with Crippen molar-refractivity contribution in [2.75, 3.05) is 17.7 Å². The van der Waals surface area contributed by atoms with E-state index in [9.17, 15) is 9.59 Å². The summed E-state index contributed by atoms with van der Waals surface area (Å²) in [6.07, 6.45) is 6.77. The summed E-state index contributed by atoms with van der Waals surface area (Å²) in [7, 11) is 0. The second-order valence-electron chi connectivity index (χ2n) is 8.39. The van der Waals surface area contributed by atoms with Gasteiger partial charge in [0, 0.05) is 17.8 Å². The van der Waals surface area contributed by atoms with E-state index in [4.69, 9.17) is 9.47 Å². The molecular formula is C27H30N4O4S. The Morgan fingerprint density at radius 1 is 1.11 bits per heavy atom. The van der Waals surface area contributed by atoms with Gasteiger partial charge in [-0.3, -0.25) is 9.36 Å². The SMILES string of the molecule is C=CCn1c(SCC(=O)Nc2ccc(C(=O)OCC)cc2)nnc1-c1ccc(OC2CCCC2)cc1. The number of amides is 1. The van der Waals surface area contributed by atoms with Crippen LogP contribution in [0.1, 0.15) is 43.0 Å². The van der Waals surface area contributed by atoms with Crippen molar-refractivity contribution in [2.45, 2.75) is 50.4 Å². The van der Waals surface area contributed by atoms with Crippen LogP contribution >= 0.6 is 11.8 Å². The van der Waals surface area contributed by atoms with Crippen molar-refractivity contribution >= 4 is 29.3 Å². The van der Waals surface area contributed by atoms with E-state index < -0.39 is 0 Å². The molecule has 1 aliphatic carbocycles. The van der Waals surface area contributed by atoms with Crippen LogP contribution in [0.15, 0.2) is 66.3 Å². The second-order valence-corrected chi connectivity index (χ2v) is 9.33. The predicted octanol–water partition coefficient (Wildman–Crippen LogP) is 5.36. The Kier molecular flexibility index (Phi) is 8.78. The summed E-state index contributed by atoms with van der Waals surface area (Å²) in [5.41, 5.74) is 1.95. The number of carbonyl (C=O) groups is 2. The van der Waals surface area contributed by atoms with Gasteiger partial charge in [-0.15, -0.1) is 16.8 Å². The number of allylic oxidation sites excluding steroid dienone is 1. The number of carbonyl (C=O) groups excluding carboxylic acids is 2. The third kappa shape index (κ3) is 6.54. The van der Waals surface area contributed by atoms with E-state index >= 15 is 0 Å². The van der Waals surface area contributed by atoms with Gasteiger partial charge in [-0.1, -0.05) is 17.8 Å². The van der Waals surface area contributed by atoms with E-state index in [2.05, 4.69) is 22.1 Å². The standard InChI is InChI=1S/C27H30N4O4S/c1-3-17-31-25(19-11-15-23(16-12-19)35-22-7-5-6-8-22)29-30-27(31)36-18-24(32)28-21-13-9-20(10-14-21)26(33)34-4-2/h3,9-16,22H,1,4-8,17-18H2,2H3,(H,28,32). The van der Waals surface area contributed by atoms with Crippen LogP contribution < -0.4 is 10.1 Å². The van der Waals surface area contributed by atoms with Crippen LogP contribution in [0.4, 0.5) is 5.69 Å².